The molecule has 0 aliphatic carbocycles. The molecule has 1 aromatic heterocycles. The van der Waals surface area contributed by atoms with Crippen LogP contribution in [0.5, 0.6) is 0 Å². The second-order valence-corrected chi connectivity index (χ2v) is 8.15. The Morgan fingerprint density at radius 2 is 2.11 bits per heavy atom. The van der Waals surface area contributed by atoms with Crippen molar-refractivity contribution in [1.29, 1.82) is 0 Å². The summed E-state index contributed by atoms with van der Waals surface area (Å²) in [5.41, 5.74) is 2.81. The highest BCUT2D eigenvalue weighted by Gasteiger charge is 2.15. The van der Waals surface area contributed by atoms with E-state index >= 15 is 0 Å². The van der Waals surface area contributed by atoms with Crippen molar-refractivity contribution in [2.75, 3.05) is 36.5 Å². The number of hydrogen-bond donors (Lipinski definition) is 2. The summed E-state index contributed by atoms with van der Waals surface area (Å²) in [6.07, 6.45) is 1.73. The molecule has 1 heterocycles. The molecule has 7 nitrogen and oxygen atoms in total. The van der Waals surface area contributed by atoms with E-state index in [0.717, 1.165) is 16.8 Å². The Morgan fingerprint density at radius 1 is 1.33 bits per heavy atom. The quantitative estimate of drug-likeness (QED) is 0.493. The number of aromatic nitrogens is 2. The van der Waals surface area contributed by atoms with Gasteiger partial charge in [-0.05, 0) is 31.0 Å². The number of benzene rings is 1. The molecule has 144 valence electrons. The van der Waals surface area contributed by atoms with E-state index in [1.54, 1.807) is 13.1 Å². The van der Waals surface area contributed by atoms with Gasteiger partial charge in [0.15, 0.2) is 4.34 Å². The molecule has 2 N–H and O–H groups in total. The van der Waals surface area contributed by atoms with E-state index in [1.165, 1.54) is 28.0 Å². The number of anilines is 2. The number of likely N-dealkylation sites (N-methyl/N-ethyl adjacent to an activating group) is 1. The van der Waals surface area contributed by atoms with Gasteiger partial charge in [0.2, 0.25) is 16.9 Å². The molecule has 9 heteroatoms. The lowest BCUT2D eigenvalue weighted by atomic mass is 10.1. The molecule has 2 rings (SSSR count). The lowest BCUT2D eigenvalue weighted by Crippen LogP contribution is -2.36. The van der Waals surface area contributed by atoms with Crippen molar-refractivity contribution >= 4 is 45.7 Å². The maximum absolute atomic E-state index is 12.3. The molecule has 0 fully saturated rings. The van der Waals surface area contributed by atoms with Gasteiger partial charge in [0.1, 0.15) is 0 Å². The molecule has 0 unspecified atom stereocenters. The molecular formula is C18H23N5O2S2. The van der Waals surface area contributed by atoms with Crippen molar-refractivity contribution in [1.82, 2.24) is 15.1 Å². The summed E-state index contributed by atoms with van der Waals surface area (Å²) in [6.45, 7) is 8.13. The zero-order chi connectivity index (χ0) is 19.8. The Bertz CT molecular complexity index is 822. The van der Waals surface area contributed by atoms with Crippen LogP contribution in [0.4, 0.5) is 10.8 Å². The largest absolute Gasteiger partial charge is 0.357 e. The highest BCUT2D eigenvalue weighted by molar-refractivity contribution is 8.01. The minimum absolute atomic E-state index is 0.00493. The van der Waals surface area contributed by atoms with E-state index < -0.39 is 0 Å². The molecule has 0 radical (unpaired) electrons. The van der Waals surface area contributed by atoms with Crippen LogP contribution in [0.3, 0.4) is 0 Å². The van der Waals surface area contributed by atoms with Crippen LogP contribution < -0.4 is 10.6 Å². The van der Waals surface area contributed by atoms with Crippen LogP contribution in [0.15, 0.2) is 35.2 Å². The first kappa shape index (κ1) is 20.9. The topological polar surface area (TPSA) is 87.2 Å². The van der Waals surface area contributed by atoms with Gasteiger partial charge in [0.25, 0.3) is 0 Å². The first-order chi connectivity index (χ1) is 12.9. The third-order valence-corrected chi connectivity index (χ3v) is 5.60. The van der Waals surface area contributed by atoms with Gasteiger partial charge in [-0.3, -0.25) is 9.59 Å². The summed E-state index contributed by atoms with van der Waals surface area (Å²) < 4.78 is 0.697. The third-order valence-electron chi connectivity index (χ3n) is 3.60. The lowest BCUT2D eigenvalue weighted by Gasteiger charge is -2.17. The Morgan fingerprint density at radius 3 is 2.85 bits per heavy atom. The summed E-state index contributed by atoms with van der Waals surface area (Å²) in [6, 6.07) is 5.86. The molecule has 0 spiro atoms. The first-order valence-electron chi connectivity index (χ1n) is 8.31. The van der Waals surface area contributed by atoms with Crippen molar-refractivity contribution in [3.8, 4) is 0 Å². The summed E-state index contributed by atoms with van der Waals surface area (Å²) in [7, 11) is 1.61. The molecule has 0 bridgehead atoms. The van der Waals surface area contributed by atoms with Crippen LogP contribution in [0.2, 0.25) is 0 Å². The van der Waals surface area contributed by atoms with Gasteiger partial charge in [0.05, 0.1) is 12.3 Å². The number of aryl methyl sites for hydroxylation is 2. The second-order valence-electron chi connectivity index (χ2n) is 5.95. The van der Waals surface area contributed by atoms with Gasteiger partial charge in [-0.1, -0.05) is 41.3 Å². The zero-order valence-corrected chi connectivity index (χ0v) is 17.2. The van der Waals surface area contributed by atoms with Crippen molar-refractivity contribution in [3.05, 3.63) is 42.0 Å². The number of thioether (sulfide) groups is 1. The lowest BCUT2D eigenvalue weighted by molar-refractivity contribution is -0.131. The number of amides is 2. The Kier molecular flexibility index (Phi) is 7.81. The van der Waals surface area contributed by atoms with Gasteiger partial charge in [-0.25, -0.2) is 0 Å². The Labute approximate surface area is 167 Å². The van der Waals surface area contributed by atoms with Crippen molar-refractivity contribution in [2.45, 2.75) is 18.2 Å². The average molecular weight is 406 g/mol. The molecule has 0 saturated carbocycles. The van der Waals surface area contributed by atoms with Crippen LogP contribution in [0, 0.1) is 13.8 Å². The maximum Gasteiger partial charge on any atom is 0.243 e. The Balaban J connectivity index is 1.80. The minimum atomic E-state index is -0.226. The summed E-state index contributed by atoms with van der Waals surface area (Å²) in [4.78, 5) is 25.9. The molecule has 0 aliphatic rings. The average Bonchev–Trinajstić information content (AvgIpc) is 3.08. The molecular weight excluding hydrogens is 382 g/mol. The maximum atomic E-state index is 12.3. The predicted molar refractivity (Wildman–Crippen MR) is 112 cm³/mol. The number of carbonyl (C=O) groups is 2. The first-order valence-corrected chi connectivity index (χ1v) is 10.1. The monoisotopic (exact) mass is 405 g/mol. The number of nitrogens with zero attached hydrogens (tertiary/aromatic N) is 3. The molecule has 0 atom stereocenters. The minimum Gasteiger partial charge on any atom is -0.357 e. The summed E-state index contributed by atoms with van der Waals surface area (Å²) in [5.74, 6) is -0.174. The second kappa shape index (κ2) is 10.1. The summed E-state index contributed by atoms with van der Waals surface area (Å²) in [5, 5.41) is 14.6. The van der Waals surface area contributed by atoms with E-state index in [0.29, 0.717) is 16.0 Å². The predicted octanol–water partition coefficient (Wildman–Crippen LogP) is 2.94. The fourth-order valence-corrected chi connectivity index (χ4v) is 3.80. The van der Waals surface area contributed by atoms with E-state index in [1.807, 2.05) is 32.0 Å². The van der Waals surface area contributed by atoms with Gasteiger partial charge in [-0.15, -0.1) is 16.8 Å². The van der Waals surface area contributed by atoms with Crippen LogP contribution in [0.25, 0.3) is 0 Å². The van der Waals surface area contributed by atoms with Gasteiger partial charge in [0, 0.05) is 19.3 Å². The van der Waals surface area contributed by atoms with Crippen molar-refractivity contribution in [2.24, 2.45) is 0 Å². The number of nitrogens with one attached hydrogen (secondary N) is 2. The van der Waals surface area contributed by atoms with E-state index in [2.05, 4.69) is 27.4 Å². The number of carbonyl (C=O) groups excluding carboxylic acids is 2. The SMILES string of the molecule is C=CCNc1nnc(SCC(=O)N(C)CC(=O)Nc2cc(C)ccc2C)s1. The van der Waals surface area contributed by atoms with Crippen LogP contribution >= 0.6 is 23.1 Å². The number of hydrogen-bond acceptors (Lipinski definition) is 7. The van der Waals surface area contributed by atoms with Crippen molar-refractivity contribution in [3.63, 3.8) is 0 Å². The van der Waals surface area contributed by atoms with Gasteiger partial charge in [-0.2, -0.15) is 0 Å². The highest BCUT2D eigenvalue weighted by atomic mass is 32.2. The molecule has 2 aromatic rings. The third kappa shape index (κ3) is 6.69. The Hall–Kier alpha value is -2.39. The standard InChI is InChI=1S/C18H23N5O2S2/c1-5-8-19-17-21-22-18(27-17)26-11-16(25)23(4)10-15(24)20-14-9-12(2)6-7-13(14)3/h5-7,9H,1,8,10-11H2,2-4H3,(H,19,21)(H,20,24). The van der Waals surface area contributed by atoms with E-state index in [9.17, 15) is 9.59 Å². The number of rotatable bonds is 9. The molecule has 1 aromatic carbocycles. The van der Waals surface area contributed by atoms with Crippen LogP contribution in [0.1, 0.15) is 11.1 Å². The smallest absolute Gasteiger partial charge is 0.243 e. The van der Waals surface area contributed by atoms with Crippen LogP contribution in [-0.4, -0.2) is 52.8 Å². The summed E-state index contributed by atoms with van der Waals surface area (Å²) >= 11 is 2.68. The zero-order valence-electron chi connectivity index (χ0n) is 15.6. The van der Waals surface area contributed by atoms with Gasteiger partial charge < -0.3 is 15.5 Å². The molecule has 0 aliphatic heterocycles. The van der Waals surface area contributed by atoms with Gasteiger partial charge >= 0.3 is 0 Å². The molecule has 2 amide bonds. The normalized spacial score (nSPS) is 10.3. The molecule has 27 heavy (non-hydrogen) atoms. The molecule has 0 saturated heterocycles. The van der Waals surface area contributed by atoms with E-state index in [-0.39, 0.29) is 24.1 Å². The van der Waals surface area contributed by atoms with Crippen molar-refractivity contribution < 1.29 is 9.59 Å². The fourth-order valence-electron chi connectivity index (χ4n) is 2.10. The highest BCUT2D eigenvalue weighted by Crippen LogP contribution is 2.25. The van der Waals surface area contributed by atoms with E-state index in [4.69, 9.17) is 0 Å². The van der Waals surface area contributed by atoms with Crippen LogP contribution in [-0.2, 0) is 9.59 Å². The fraction of sp³-hybridized carbons (Fsp3) is 0.333.